The molecule has 0 radical (unpaired) electrons. The second-order valence-electron chi connectivity index (χ2n) is 6.18. The molecule has 0 aliphatic rings. The molecule has 1 aromatic heterocycles. The Morgan fingerprint density at radius 1 is 1.11 bits per heavy atom. The standard InChI is InChI=1S/C21H22O6S/c1-5-12(2)26-17-11-16-19(21(25-4)20(17)24-3)15(23)10-18(27-16)28-14-8-6-13(22)7-9-14/h6-12,22H,5H2,1-4H3. The second kappa shape index (κ2) is 8.48. The highest BCUT2D eigenvalue weighted by Crippen LogP contribution is 2.43. The van der Waals surface area contributed by atoms with Crippen molar-refractivity contribution in [3.8, 4) is 23.0 Å². The molecule has 0 saturated heterocycles. The zero-order valence-electron chi connectivity index (χ0n) is 16.1. The number of hydrogen-bond acceptors (Lipinski definition) is 7. The van der Waals surface area contributed by atoms with E-state index in [9.17, 15) is 9.90 Å². The zero-order chi connectivity index (χ0) is 20.3. The Bertz CT molecular complexity index is 1030. The van der Waals surface area contributed by atoms with Crippen LogP contribution in [0.3, 0.4) is 0 Å². The maximum Gasteiger partial charge on any atom is 0.204 e. The molecule has 28 heavy (non-hydrogen) atoms. The van der Waals surface area contributed by atoms with Gasteiger partial charge in [-0.2, -0.15) is 0 Å². The topological polar surface area (TPSA) is 78.1 Å². The highest BCUT2D eigenvalue weighted by atomic mass is 32.2. The quantitative estimate of drug-likeness (QED) is 0.605. The molecule has 0 bridgehead atoms. The summed E-state index contributed by atoms with van der Waals surface area (Å²) in [4.78, 5) is 13.6. The lowest BCUT2D eigenvalue weighted by Crippen LogP contribution is -2.12. The Hall–Kier alpha value is -2.80. The van der Waals surface area contributed by atoms with E-state index in [1.54, 1.807) is 30.3 Å². The minimum absolute atomic E-state index is 0.0441. The van der Waals surface area contributed by atoms with E-state index in [1.165, 1.54) is 32.0 Å². The van der Waals surface area contributed by atoms with E-state index >= 15 is 0 Å². The SMILES string of the molecule is CCC(C)Oc1cc2oc(Sc3ccc(O)cc3)cc(=O)c2c(OC)c1OC. The van der Waals surface area contributed by atoms with Crippen LogP contribution in [0.2, 0.25) is 0 Å². The predicted molar refractivity (Wildman–Crippen MR) is 108 cm³/mol. The first-order chi connectivity index (χ1) is 13.5. The van der Waals surface area contributed by atoms with Gasteiger partial charge in [0.25, 0.3) is 0 Å². The number of ether oxygens (including phenoxy) is 3. The summed E-state index contributed by atoms with van der Waals surface area (Å²) in [5.41, 5.74) is 0.109. The van der Waals surface area contributed by atoms with Crippen molar-refractivity contribution in [1.29, 1.82) is 0 Å². The number of benzene rings is 2. The molecule has 1 atom stereocenters. The number of aromatic hydroxyl groups is 1. The molecule has 7 heteroatoms. The Labute approximate surface area is 167 Å². The first kappa shape index (κ1) is 19.9. The molecule has 1 heterocycles. The highest BCUT2D eigenvalue weighted by molar-refractivity contribution is 7.99. The van der Waals surface area contributed by atoms with E-state index in [4.69, 9.17) is 18.6 Å². The third kappa shape index (κ3) is 4.04. The predicted octanol–water partition coefficient (Wildman–Crippen LogP) is 4.84. The van der Waals surface area contributed by atoms with Crippen LogP contribution < -0.4 is 19.6 Å². The maximum absolute atomic E-state index is 12.8. The Morgan fingerprint density at radius 3 is 2.39 bits per heavy atom. The average molecular weight is 402 g/mol. The van der Waals surface area contributed by atoms with Crippen LogP contribution in [0.25, 0.3) is 11.0 Å². The molecule has 0 amide bonds. The van der Waals surface area contributed by atoms with Crippen molar-refractivity contribution in [3.05, 3.63) is 46.6 Å². The molecule has 0 saturated carbocycles. The summed E-state index contributed by atoms with van der Waals surface area (Å²) >= 11 is 1.28. The van der Waals surface area contributed by atoms with Gasteiger partial charge in [0, 0.05) is 17.0 Å². The number of phenols is 1. The normalized spacial score (nSPS) is 12.0. The fourth-order valence-electron chi connectivity index (χ4n) is 2.68. The highest BCUT2D eigenvalue weighted by Gasteiger charge is 2.22. The fourth-order valence-corrected chi connectivity index (χ4v) is 3.48. The van der Waals surface area contributed by atoms with Gasteiger partial charge in [0.05, 0.1) is 20.3 Å². The summed E-state index contributed by atoms with van der Waals surface area (Å²) in [7, 11) is 2.98. The van der Waals surface area contributed by atoms with Crippen molar-refractivity contribution in [2.45, 2.75) is 36.4 Å². The molecule has 0 spiro atoms. The van der Waals surface area contributed by atoms with E-state index in [2.05, 4.69) is 0 Å². The molecule has 0 aliphatic carbocycles. The lowest BCUT2D eigenvalue weighted by atomic mass is 10.1. The molecule has 6 nitrogen and oxygen atoms in total. The second-order valence-corrected chi connectivity index (χ2v) is 7.25. The summed E-state index contributed by atoms with van der Waals surface area (Å²) in [6, 6.07) is 9.72. The first-order valence-corrected chi connectivity index (χ1v) is 9.64. The summed E-state index contributed by atoms with van der Waals surface area (Å²) in [6.07, 6.45) is 0.766. The third-order valence-corrected chi connectivity index (χ3v) is 5.15. The van der Waals surface area contributed by atoms with Gasteiger partial charge in [-0.25, -0.2) is 0 Å². The summed E-state index contributed by atoms with van der Waals surface area (Å²) in [5, 5.41) is 10.1. The molecular formula is C21H22O6S. The van der Waals surface area contributed by atoms with E-state index in [1.807, 2.05) is 13.8 Å². The number of phenolic OH excluding ortho intramolecular Hbond substituents is 1. The molecule has 3 rings (SSSR count). The van der Waals surface area contributed by atoms with Crippen molar-refractivity contribution >= 4 is 22.7 Å². The smallest absolute Gasteiger partial charge is 0.204 e. The Kier molecular flexibility index (Phi) is 6.04. The molecule has 0 aliphatic heterocycles. The van der Waals surface area contributed by atoms with Crippen LogP contribution in [0.15, 0.2) is 55.6 Å². The number of methoxy groups -OCH3 is 2. The van der Waals surface area contributed by atoms with Gasteiger partial charge in [-0.1, -0.05) is 18.7 Å². The molecule has 0 fully saturated rings. The average Bonchev–Trinajstić information content (AvgIpc) is 2.68. The van der Waals surface area contributed by atoms with Gasteiger partial charge in [0.2, 0.25) is 5.75 Å². The van der Waals surface area contributed by atoms with E-state index in [-0.39, 0.29) is 23.0 Å². The molecule has 1 N–H and O–H groups in total. The molecular weight excluding hydrogens is 380 g/mol. The lowest BCUT2D eigenvalue weighted by molar-refractivity contribution is 0.205. The largest absolute Gasteiger partial charge is 0.508 e. The zero-order valence-corrected chi connectivity index (χ0v) is 17.0. The Balaban J connectivity index is 2.13. The minimum atomic E-state index is -0.243. The lowest BCUT2D eigenvalue weighted by Gasteiger charge is -2.18. The number of hydrogen-bond donors (Lipinski definition) is 1. The first-order valence-electron chi connectivity index (χ1n) is 8.83. The molecule has 1 unspecified atom stereocenters. The molecule has 2 aromatic carbocycles. The van der Waals surface area contributed by atoms with Gasteiger partial charge in [0.1, 0.15) is 16.7 Å². The van der Waals surface area contributed by atoms with Crippen LogP contribution in [-0.4, -0.2) is 25.4 Å². The number of fused-ring (bicyclic) bond motifs is 1. The minimum Gasteiger partial charge on any atom is -0.508 e. The number of rotatable bonds is 7. The van der Waals surface area contributed by atoms with Gasteiger partial charge >= 0.3 is 0 Å². The Morgan fingerprint density at radius 2 is 1.79 bits per heavy atom. The molecule has 3 aromatic rings. The van der Waals surface area contributed by atoms with E-state index in [0.29, 0.717) is 27.6 Å². The van der Waals surface area contributed by atoms with Gasteiger partial charge in [-0.3, -0.25) is 4.79 Å². The van der Waals surface area contributed by atoms with Crippen LogP contribution >= 0.6 is 11.8 Å². The summed E-state index contributed by atoms with van der Waals surface area (Å²) in [6.45, 7) is 3.96. The van der Waals surface area contributed by atoms with Gasteiger partial charge in [0.15, 0.2) is 22.0 Å². The van der Waals surface area contributed by atoms with Crippen molar-refractivity contribution in [3.63, 3.8) is 0 Å². The van der Waals surface area contributed by atoms with Crippen LogP contribution in [0.1, 0.15) is 20.3 Å². The van der Waals surface area contributed by atoms with Crippen LogP contribution in [0.5, 0.6) is 23.0 Å². The summed E-state index contributed by atoms with van der Waals surface area (Å²) in [5.74, 6) is 1.28. The van der Waals surface area contributed by atoms with E-state index in [0.717, 1.165) is 11.3 Å². The van der Waals surface area contributed by atoms with Gasteiger partial charge < -0.3 is 23.7 Å². The van der Waals surface area contributed by atoms with Crippen LogP contribution in [0.4, 0.5) is 0 Å². The molecule has 148 valence electrons. The third-order valence-electron chi connectivity index (χ3n) is 4.24. The van der Waals surface area contributed by atoms with Crippen LogP contribution in [0, 0.1) is 0 Å². The van der Waals surface area contributed by atoms with Crippen molar-refractivity contribution < 1.29 is 23.7 Å². The van der Waals surface area contributed by atoms with Gasteiger partial charge in [-0.15, -0.1) is 0 Å². The van der Waals surface area contributed by atoms with E-state index < -0.39 is 0 Å². The van der Waals surface area contributed by atoms with Gasteiger partial charge in [-0.05, 0) is 37.6 Å². The summed E-state index contributed by atoms with van der Waals surface area (Å²) < 4.78 is 22.8. The van der Waals surface area contributed by atoms with Crippen molar-refractivity contribution in [1.82, 2.24) is 0 Å². The van der Waals surface area contributed by atoms with Crippen molar-refractivity contribution in [2.75, 3.05) is 14.2 Å². The fraction of sp³-hybridized carbons (Fsp3) is 0.286. The maximum atomic E-state index is 12.8. The van der Waals surface area contributed by atoms with Crippen molar-refractivity contribution in [2.24, 2.45) is 0 Å². The van der Waals surface area contributed by atoms with Crippen LogP contribution in [-0.2, 0) is 0 Å². The monoisotopic (exact) mass is 402 g/mol.